The summed E-state index contributed by atoms with van der Waals surface area (Å²) in [6.45, 7) is 3.95. The molecular formula is C12H20N4O3S. The molecule has 7 nitrogen and oxygen atoms in total. The van der Waals surface area contributed by atoms with Gasteiger partial charge in [0.05, 0.1) is 11.7 Å². The van der Waals surface area contributed by atoms with Gasteiger partial charge in [0, 0.05) is 5.69 Å². The second kappa shape index (κ2) is 6.69. The molecule has 1 amide bonds. The SMILES string of the molecule is CC(C)C[C@@H](N)C(=O)Nc1cccc(NS(N)(=O)=O)c1. The molecule has 0 fully saturated rings. The third-order valence-corrected chi connectivity index (χ3v) is 2.97. The summed E-state index contributed by atoms with van der Waals surface area (Å²) in [5, 5.41) is 7.51. The number of anilines is 2. The molecule has 6 N–H and O–H groups in total. The van der Waals surface area contributed by atoms with Crippen molar-refractivity contribution < 1.29 is 13.2 Å². The molecule has 20 heavy (non-hydrogen) atoms. The number of amides is 1. The Balaban J connectivity index is 2.73. The lowest BCUT2D eigenvalue weighted by atomic mass is 10.0. The highest BCUT2D eigenvalue weighted by Gasteiger charge is 2.15. The molecule has 0 unspecified atom stereocenters. The number of hydrogen-bond donors (Lipinski definition) is 4. The summed E-state index contributed by atoms with van der Waals surface area (Å²) in [6, 6.07) is 5.61. The maximum absolute atomic E-state index is 11.8. The Morgan fingerprint density at radius 3 is 2.45 bits per heavy atom. The largest absolute Gasteiger partial charge is 0.325 e. The summed E-state index contributed by atoms with van der Waals surface area (Å²) in [7, 11) is -3.84. The van der Waals surface area contributed by atoms with Gasteiger partial charge in [-0.3, -0.25) is 9.52 Å². The smallest absolute Gasteiger partial charge is 0.296 e. The van der Waals surface area contributed by atoms with E-state index in [-0.39, 0.29) is 11.6 Å². The molecule has 0 spiro atoms. The predicted octanol–water partition coefficient (Wildman–Crippen LogP) is 0.614. The van der Waals surface area contributed by atoms with Gasteiger partial charge in [-0.1, -0.05) is 19.9 Å². The fourth-order valence-electron chi connectivity index (χ4n) is 1.67. The lowest BCUT2D eigenvalue weighted by Crippen LogP contribution is -2.36. The fraction of sp³-hybridized carbons (Fsp3) is 0.417. The standard InChI is InChI=1S/C12H20N4O3S/c1-8(2)6-11(13)12(17)15-9-4-3-5-10(7-9)16-20(14,18)19/h3-5,7-8,11,16H,6,13H2,1-2H3,(H,15,17)(H2,14,18,19)/t11-/m1/s1. The molecule has 112 valence electrons. The number of hydrogen-bond acceptors (Lipinski definition) is 4. The number of nitrogens with two attached hydrogens (primary N) is 2. The number of rotatable bonds is 6. The van der Waals surface area contributed by atoms with E-state index in [0.717, 1.165) is 0 Å². The first kappa shape index (κ1) is 16.4. The van der Waals surface area contributed by atoms with Crippen molar-refractivity contribution in [1.82, 2.24) is 0 Å². The van der Waals surface area contributed by atoms with Crippen molar-refractivity contribution in [3.8, 4) is 0 Å². The van der Waals surface area contributed by atoms with Gasteiger partial charge in [-0.15, -0.1) is 0 Å². The van der Waals surface area contributed by atoms with Crippen molar-refractivity contribution in [2.45, 2.75) is 26.3 Å². The minimum absolute atomic E-state index is 0.266. The molecule has 0 aromatic heterocycles. The summed E-state index contributed by atoms with van der Waals surface area (Å²) < 4.78 is 24.0. The fourth-order valence-corrected chi connectivity index (χ4v) is 2.13. The number of carbonyl (C=O) groups excluding carboxylic acids is 1. The van der Waals surface area contributed by atoms with Crippen LogP contribution in [0, 0.1) is 5.92 Å². The zero-order valence-corrected chi connectivity index (χ0v) is 12.3. The van der Waals surface area contributed by atoms with Crippen molar-refractivity contribution in [3.63, 3.8) is 0 Å². The summed E-state index contributed by atoms with van der Waals surface area (Å²) in [5.74, 6) is -0.00223. The molecule has 0 heterocycles. The van der Waals surface area contributed by atoms with E-state index in [4.69, 9.17) is 10.9 Å². The highest BCUT2D eigenvalue weighted by atomic mass is 32.2. The Morgan fingerprint density at radius 2 is 1.90 bits per heavy atom. The maximum atomic E-state index is 11.8. The Labute approximate surface area is 118 Å². The lowest BCUT2D eigenvalue weighted by Gasteiger charge is -2.14. The molecule has 0 aliphatic carbocycles. The zero-order chi connectivity index (χ0) is 15.3. The van der Waals surface area contributed by atoms with Crippen molar-refractivity contribution >= 4 is 27.5 Å². The van der Waals surface area contributed by atoms with Gasteiger partial charge in [0.1, 0.15) is 0 Å². The van der Waals surface area contributed by atoms with Gasteiger partial charge in [-0.25, -0.2) is 5.14 Å². The second-order valence-corrected chi connectivity index (χ2v) is 6.25. The molecule has 0 radical (unpaired) electrons. The lowest BCUT2D eigenvalue weighted by molar-refractivity contribution is -0.117. The van der Waals surface area contributed by atoms with E-state index in [1.165, 1.54) is 12.1 Å². The Hall–Kier alpha value is -1.64. The van der Waals surface area contributed by atoms with E-state index in [9.17, 15) is 13.2 Å². The van der Waals surface area contributed by atoms with E-state index in [1.807, 2.05) is 13.8 Å². The van der Waals surface area contributed by atoms with Crippen molar-refractivity contribution in [3.05, 3.63) is 24.3 Å². The molecular weight excluding hydrogens is 280 g/mol. The van der Waals surface area contributed by atoms with Crippen LogP contribution >= 0.6 is 0 Å². The van der Waals surface area contributed by atoms with Gasteiger partial charge in [-0.2, -0.15) is 8.42 Å². The Bertz CT molecular complexity index is 572. The average Bonchev–Trinajstić information content (AvgIpc) is 2.25. The van der Waals surface area contributed by atoms with Crippen molar-refractivity contribution in [2.75, 3.05) is 10.0 Å². The van der Waals surface area contributed by atoms with E-state index >= 15 is 0 Å². The first-order chi connectivity index (χ1) is 9.17. The summed E-state index contributed by atoms with van der Waals surface area (Å²) >= 11 is 0. The summed E-state index contributed by atoms with van der Waals surface area (Å²) in [6.07, 6.45) is 0.570. The van der Waals surface area contributed by atoms with Crippen LogP contribution in [0.15, 0.2) is 24.3 Å². The summed E-state index contributed by atoms with van der Waals surface area (Å²) in [5.41, 5.74) is 6.48. The molecule has 1 aromatic carbocycles. The average molecular weight is 300 g/mol. The Morgan fingerprint density at radius 1 is 1.30 bits per heavy atom. The van der Waals surface area contributed by atoms with Gasteiger partial charge >= 0.3 is 0 Å². The van der Waals surface area contributed by atoms with E-state index < -0.39 is 16.3 Å². The van der Waals surface area contributed by atoms with E-state index in [0.29, 0.717) is 18.0 Å². The van der Waals surface area contributed by atoms with Crippen LogP contribution in [0.4, 0.5) is 11.4 Å². The Kier molecular flexibility index (Phi) is 5.49. The molecule has 8 heteroatoms. The van der Waals surface area contributed by atoms with Crippen LogP contribution in [0.2, 0.25) is 0 Å². The minimum atomic E-state index is -3.84. The third-order valence-electron chi connectivity index (χ3n) is 2.45. The van der Waals surface area contributed by atoms with Gasteiger partial charge in [0.2, 0.25) is 5.91 Å². The van der Waals surface area contributed by atoms with Gasteiger partial charge in [0.15, 0.2) is 0 Å². The van der Waals surface area contributed by atoms with Crippen LogP contribution < -0.4 is 20.9 Å². The third kappa shape index (κ3) is 6.00. The topological polar surface area (TPSA) is 127 Å². The molecule has 0 aliphatic rings. The molecule has 0 saturated heterocycles. The van der Waals surface area contributed by atoms with Gasteiger partial charge < -0.3 is 11.1 Å². The van der Waals surface area contributed by atoms with Gasteiger partial charge in [0.25, 0.3) is 10.2 Å². The maximum Gasteiger partial charge on any atom is 0.296 e. The predicted molar refractivity (Wildman–Crippen MR) is 79.2 cm³/mol. The monoisotopic (exact) mass is 300 g/mol. The molecule has 0 aliphatic heterocycles. The molecule has 0 saturated carbocycles. The molecule has 1 aromatic rings. The van der Waals surface area contributed by atoms with Crippen molar-refractivity contribution in [1.29, 1.82) is 0 Å². The summed E-state index contributed by atoms with van der Waals surface area (Å²) in [4.78, 5) is 11.8. The molecule has 1 atom stereocenters. The van der Waals surface area contributed by atoms with Crippen LogP contribution in [-0.4, -0.2) is 20.4 Å². The molecule has 0 bridgehead atoms. The van der Waals surface area contributed by atoms with Crippen LogP contribution in [-0.2, 0) is 15.0 Å². The number of benzene rings is 1. The zero-order valence-electron chi connectivity index (χ0n) is 11.5. The van der Waals surface area contributed by atoms with Crippen molar-refractivity contribution in [2.24, 2.45) is 16.8 Å². The first-order valence-corrected chi connectivity index (χ1v) is 7.69. The normalized spacial score (nSPS) is 13.1. The molecule has 1 rings (SSSR count). The van der Waals surface area contributed by atoms with Crippen LogP contribution in [0.5, 0.6) is 0 Å². The van der Waals surface area contributed by atoms with Gasteiger partial charge in [-0.05, 0) is 30.5 Å². The highest BCUT2D eigenvalue weighted by molar-refractivity contribution is 7.90. The quantitative estimate of drug-likeness (QED) is 0.613. The van der Waals surface area contributed by atoms with E-state index in [2.05, 4.69) is 10.0 Å². The van der Waals surface area contributed by atoms with Crippen LogP contribution in [0.25, 0.3) is 0 Å². The minimum Gasteiger partial charge on any atom is -0.325 e. The second-order valence-electron chi connectivity index (χ2n) is 4.95. The number of carbonyl (C=O) groups is 1. The van der Waals surface area contributed by atoms with Crippen LogP contribution in [0.1, 0.15) is 20.3 Å². The number of nitrogens with one attached hydrogen (secondary N) is 2. The highest BCUT2D eigenvalue weighted by Crippen LogP contribution is 2.16. The first-order valence-electron chi connectivity index (χ1n) is 6.14. The van der Waals surface area contributed by atoms with E-state index in [1.54, 1.807) is 12.1 Å². The van der Waals surface area contributed by atoms with Crippen LogP contribution in [0.3, 0.4) is 0 Å².